The van der Waals surface area contributed by atoms with Gasteiger partial charge in [0.05, 0.1) is 0 Å². The van der Waals surface area contributed by atoms with Gasteiger partial charge in [-0.1, -0.05) is 0 Å². The van der Waals surface area contributed by atoms with E-state index in [1.54, 1.807) is 6.20 Å². The van der Waals surface area contributed by atoms with Crippen molar-refractivity contribution in [1.29, 1.82) is 0 Å². The van der Waals surface area contributed by atoms with Gasteiger partial charge in [-0.15, -0.1) is 0 Å². The van der Waals surface area contributed by atoms with Crippen molar-refractivity contribution in [1.82, 2.24) is 10.3 Å². The van der Waals surface area contributed by atoms with Gasteiger partial charge < -0.3 is 15.4 Å². The molecule has 0 spiro atoms. The second-order valence-electron chi connectivity index (χ2n) is 5.04. The zero-order valence-corrected chi connectivity index (χ0v) is 12.1. The van der Waals surface area contributed by atoms with Gasteiger partial charge in [0.1, 0.15) is 0 Å². The molecule has 3 rings (SSSR count). The van der Waals surface area contributed by atoms with Gasteiger partial charge >= 0.3 is 0 Å². The number of hydrogen-bond donors (Lipinski definition) is 2. The quantitative estimate of drug-likeness (QED) is 0.872. The van der Waals surface area contributed by atoms with Crippen molar-refractivity contribution in [3.8, 4) is 5.75 Å². The van der Waals surface area contributed by atoms with Gasteiger partial charge in [-0.25, -0.2) is 4.98 Å². The van der Waals surface area contributed by atoms with Gasteiger partial charge in [0.2, 0.25) is 0 Å². The maximum absolute atomic E-state index is 12.0. The van der Waals surface area contributed by atoms with Gasteiger partial charge in [-0.2, -0.15) is 0 Å². The minimum Gasteiger partial charge on any atom is -0.477 e. The van der Waals surface area contributed by atoms with Crippen LogP contribution in [0.4, 0.5) is 5.82 Å². The molecule has 1 saturated heterocycles. The predicted molar refractivity (Wildman–Crippen MR) is 75.2 cm³/mol. The van der Waals surface area contributed by atoms with E-state index < -0.39 is 6.10 Å². The Morgan fingerprint density at radius 3 is 3.21 bits per heavy atom. The Morgan fingerprint density at radius 1 is 1.53 bits per heavy atom. The summed E-state index contributed by atoms with van der Waals surface area (Å²) in [6, 6.07) is 1.84. The molecule has 3 heterocycles. The molecule has 2 unspecified atom stereocenters. The summed E-state index contributed by atoms with van der Waals surface area (Å²) in [5.41, 5.74) is 0. The number of fused-ring (bicyclic) bond motifs is 1. The van der Waals surface area contributed by atoms with E-state index in [9.17, 15) is 4.79 Å². The van der Waals surface area contributed by atoms with Crippen molar-refractivity contribution in [2.24, 2.45) is 5.92 Å². The highest BCUT2D eigenvalue weighted by atomic mass is 79.9. The number of halogens is 1. The number of nitrogens with one attached hydrogen (secondary N) is 2. The van der Waals surface area contributed by atoms with Crippen molar-refractivity contribution < 1.29 is 9.53 Å². The number of hydrogen-bond acceptors (Lipinski definition) is 4. The summed E-state index contributed by atoms with van der Waals surface area (Å²) in [7, 11) is 0. The molecule has 0 aliphatic carbocycles. The normalized spacial score (nSPS) is 26.3. The molecule has 2 aliphatic heterocycles. The zero-order valence-electron chi connectivity index (χ0n) is 10.5. The van der Waals surface area contributed by atoms with Crippen LogP contribution >= 0.6 is 15.9 Å². The Bertz CT molecular complexity index is 489. The lowest BCUT2D eigenvalue weighted by Crippen LogP contribution is -2.41. The number of carbonyl (C=O) groups excluding carboxylic acids is 1. The first-order chi connectivity index (χ1) is 9.22. The summed E-state index contributed by atoms with van der Waals surface area (Å²) >= 11 is 3.36. The third-order valence-electron chi connectivity index (χ3n) is 3.57. The second kappa shape index (κ2) is 5.46. The Labute approximate surface area is 120 Å². The lowest BCUT2D eigenvalue weighted by molar-refractivity contribution is -0.124. The topological polar surface area (TPSA) is 63.2 Å². The summed E-state index contributed by atoms with van der Waals surface area (Å²) in [4.78, 5) is 16.1. The highest BCUT2D eigenvalue weighted by molar-refractivity contribution is 9.10. The van der Waals surface area contributed by atoms with Gasteiger partial charge in [0.25, 0.3) is 5.91 Å². The number of anilines is 1. The fraction of sp³-hybridized carbons (Fsp3) is 0.538. The molecule has 5 nitrogen and oxygen atoms in total. The van der Waals surface area contributed by atoms with Crippen molar-refractivity contribution in [3.05, 3.63) is 16.7 Å². The third-order valence-corrected chi connectivity index (χ3v) is 4.00. The lowest BCUT2D eigenvalue weighted by Gasteiger charge is -2.30. The van der Waals surface area contributed by atoms with E-state index in [2.05, 4.69) is 31.5 Å². The molecule has 0 aromatic carbocycles. The molecule has 102 valence electrons. The largest absolute Gasteiger partial charge is 0.477 e. The molecule has 1 amide bonds. The first-order valence-corrected chi connectivity index (χ1v) is 7.35. The number of piperidine rings is 1. The summed E-state index contributed by atoms with van der Waals surface area (Å²) in [6.07, 6.45) is 4.32. The van der Waals surface area contributed by atoms with Crippen molar-refractivity contribution in [2.45, 2.75) is 25.4 Å². The fourth-order valence-corrected chi connectivity index (χ4v) is 2.90. The van der Waals surface area contributed by atoms with E-state index in [0.29, 0.717) is 17.5 Å². The van der Waals surface area contributed by atoms with Crippen LogP contribution in [-0.4, -0.2) is 30.1 Å². The second-order valence-corrected chi connectivity index (χ2v) is 5.96. The van der Waals surface area contributed by atoms with E-state index in [-0.39, 0.29) is 5.91 Å². The molecule has 0 radical (unpaired) electrons. The first-order valence-electron chi connectivity index (χ1n) is 6.56. The van der Waals surface area contributed by atoms with Crippen molar-refractivity contribution in [2.75, 3.05) is 18.4 Å². The van der Waals surface area contributed by atoms with Crippen LogP contribution in [-0.2, 0) is 4.79 Å². The number of pyridine rings is 1. The number of aromatic nitrogens is 1. The van der Waals surface area contributed by atoms with Gasteiger partial charge in [-0.05, 0) is 60.3 Å². The van der Waals surface area contributed by atoms with Crippen LogP contribution < -0.4 is 15.4 Å². The monoisotopic (exact) mass is 325 g/mol. The van der Waals surface area contributed by atoms with E-state index in [1.165, 1.54) is 6.42 Å². The van der Waals surface area contributed by atoms with Crippen LogP contribution in [0.3, 0.4) is 0 Å². The van der Waals surface area contributed by atoms with Crippen molar-refractivity contribution >= 4 is 27.7 Å². The van der Waals surface area contributed by atoms with Crippen LogP contribution in [0, 0.1) is 5.92 Å². The molecular weight excluding hydrogens is 310 g/mol. The first kappa shape index (κ1) is 12.9. The Morgan fingerprint density at radius 2 is 2.42 bits per heavy atom. The van der Waals surface area contributed by atoms with Crippen LogP contribution in [0.5, 0.6) is 5.75 Å². The third kappa shape index (κ3) is 2.90. The Hall–Kier alpha value is -1.14. The number of amides is 1. The standard InChI is InChI=1S/C13H16BrN3O2/c14-9-5-10-12(16-7-9)17-13(18)11(19-10)4-8-2-1-3-15-6-8/h5,7-8,11,15H,1-4,6H2,(H,16,17,18). The molecular formula is C13H16BrN3O2. The smallest absolute Gasteiger partial charge is 0.266 e. The number of ether oxygens (including phenoxy) is 1. The molecule has 2 aliphatic rings. The van der Waals surface area contributed by atoms with Crippen LogP contribution in [0.1, 0.15) is 19.3 Å². The highest BCUT2D eigenvalue weighted by Crippen LogP contribution is 2.32. The minimum atomic E-state index is -0.409. The summed E-state index contributed by atoms with van der Waals surface area (Å²) in [5.74, 6) is 1.56. The lowest BCUT2D eigenvalue weighted by atomic mass is 9.93. The molecule has 6 heteroatoms. The Kier molecular flexibility index (Phi) is 3.70. The van der Waals surface area contributed by atoms with Gasteiger partial charge in [-0.3, -0.25) is 4.79 Å². The maximum Gasteiger partial charge on any atom is 0.266 e. The van der Waals surface area contributed by atoms with Gasteiger partial charge in [0, 0.05) is 10.7 Å². The average Bonchev–Trinajstić information content (AvgIpc) is 2.41. The number of nitrogens with zero attached hydrogens (tertiary/aromatic N) is 1. The molecule has 0 saturated carbocycles. The molecule has 19 heavy (non-hydrogen) atoms. The van der Waals surface area contributed by atoms with Crippen LogP contribution in [0.25, 0.3) is 0 Å². The molecule has 1 aromatic rings. The molecule has 1 aromatic heterocycles. The molecule has 1 fully saturated rings. The molecule has 2 atom stereocenters. The summed E-state index contributed by atoms with van der Waals surface area (Å²) in [5, 5.41) is 6.17. The van der Waals surface area contributed by atoms with Crippen LogP contribution in [0.2, 0.25) is 0 Å². The van der Waals surface area contributed by atoms with E-state index >= 15 is 0 Å². The maximum atomic E-state index is 12.0. The molecule has 2 N–H and O–H groups in total. The van der Waals surface area contributed by atoms with E-state index in [0.717, 1.165) is 30.4 Å². The van der Waals surface area contributed by atoms with E-state index in [1.807, 2.05) is 6.07 Å². The number of carbonyl (C=O) groups is 1. The van der Waals surface area contributed by atoms with Gasteiger partial charge in [0.15, 0.2) is 17.7 Å². The summed E-state index contributed by atoms with van der Waals surface area (Å²) < 4.78 is 6.64. The van der Waals surface area contributed by atoms with E-state index in [4.69, 9.17) is 4.74 Å². The average molecular weight is 326 g/mol. The minimum absolute atomic E-state index is 0.0899. The summed E-state index contributed by atoms with van der Waals surface area (Å²) in [6.45, 7) is 2.05. The van der Waals surface area contributed by atoms with Crippen LogP contribution in [0.15, 0.2) is 16.7 Å². The Balaban J connectivity index is 1.71. The highest BCUT2D eigenvalue weighted by Gasteiger charge is 2.31. The fourth-order valence-electron chi connectivity index (χ4n) is 2.59. The zero-order chi connectivity index (χ0) is 13.2. The molecule has 0 bridgehead atoms. The van der Waals surface area contributed by atoms with Crippen molar-refractivity contribution in [3.63, 3.8) is 0 Å². The number of rotatable bonds is 2. The predicted octanol–water partition coefficient (Wildman–Crippen LogP) is 1.93. The SMILES string of the molecule is O=C1Nc2ncc(Br)cc2OC1CC1CCCNC1.